The Labute approximate surface area is 113 Å². The molecule has 0 amide bonds. The second-order valence-corrected chi connectivity index (χ2v) is 4.22. The molecule has 1 aromatic heterocycles. The molecule has 0 atom stereocenters. The van der Waals surface area contributed by atoms with Gasteiger partial charge < -0.3 is 4.74 Å². The maximum Gasteiger partial charge on any atom is 0.341 e. The second-order valence-electron chi connectivity index (χ2n) is 4.22. The Balaban J connectivity index is 2.43. The smallest absolute Gasteiger partial charge is 0.341 e. The van der Waals surface area contributed by atoms with Crippen molar-refractivity contribution in [2.45, 2.75) is 26.7 Å². The first-order valence-electron chi connectivity index (χ1n) is 6.57. The Hall–Kier alpha value is -2.10. The highest BCUT2D eigenvalue weighted by Gasteiger charge is 2.18. The van der Waals surface area contributed by atoms with E-state index in [1.54, 1.807) is 13.1 Å². The number of carbonyl (C=O) groups is 1. The number of hydrogen-bond donors (Lipinski definition) is 0. The number of ether oxygens (including phenoxy) is 1. The average molecular weight is 258 g/mol. The minimum atomic E-state index is -0.298. The van der Waals surface area contributed by atoms with Gasteiger partial charge in [-0.25, -0.2) is 9.48 Å². The van der Waals surface area contributed by atoms with E-state index in [-0.39, 0.29) is 5.97 Å². The molecule has 4 heteroatoms. The van der Waals surface area contributed by atoms with Crippen LogP contribution in [-0.2, 0) is 11.2 Å². The summed E-state index contributed by atoms with van der Waals surface area (Å²) in [4.78, 5) is 11.9. The number of para-hydroxylation sites is 1. The Morgan fingerprint density at radius 2 is 2.00 bits per heavy atom. The van der Waals surface area contributed by atoms with Crippen LogP contribution in [0, 0.1) is 0 Å². The van der Waals surface area contributed by atoms with E-state index in [4.69, 9.17) is 4.74 Å². The predicted molar refractivity (Wildman–Crippen MR) is 73.5 cm³/mol. The highest BCUT2D eigenvalue weighted by molar-refractivity contribution is 5.90. The van der Waals surface area contributed by atoms with Crippen LogP contribution in [0.15, 0.2) is 36.5 Å². The van der Waals surface area contributed by atoms with Gasteiger partial charge >= 0.3 is 5.97 Å². The van der Waals surface area contributed by atoms with Crippen LogP contribution in [0.2, 0.25) is 0 Å². The summed E-state index contributed by atoms with van der Waals surface area (Å²) >= 11 is 0. The van der Waals surface area contributed by atoms with Crippen molar-refractivity contribution in [2.24, 2.45) is 0 Å². The molecule has 4 nitrogen and oxygen atoms in total. The largest absolute Gasteiger partial charge is 0.462 e. The molecular weight excluding hydrogens is 240 g/mol. The SMILES string of the molecule is CCCc1c(C(=O)OCC)cnn1-c1ccccc1. The van der Waals surface area contributed by atoms with Gasteiger partial charge in [-0.3, -0.25) is 0 Å². The van der Waals surface area contributed by atoms with Gasteiger partial charge in [0.2, 0.25) is 0 Å². The van der Waals surface area contributed by atoms with Crippen LogP contribution in [-0.4, -0.2) is 22.4 Å². The third-order valence-electron chi connectivity index (χ3n) is 2.85. The molecule has 1 heterocycles. The van der Waals surface area contributed by atoms with Crippen molar-refractivity contribution < 1.29 is 9.53 Å². The molecule has 0 unspecified atom stereocenters. The summed E-state index contributed by atoms with van der Waals surface area (Å²) in [6.07, 6.45) is 3.34. The molecule has 0 aliphatic heterocycles. The first-order chi connectivity index (χ1) is 9.27. The quantitative estimate of drug-likeness (QED) is 0.774. The Bertz CT molecular complexity index is 547. The van der Waals surface area contributed by atoms with Crippen molar-refractivity contribution in [1.29, 1.82) is 0 Å². The summed E-state index contributed by atoms with van der Waals surface area (Å²) in [5.41, 5.74) is 2.43. The second kappa shape index (κ2) is 6.18. The lowest BCUT2D eigenvalue weighted by Crippen LogP contribution is -2.09. The third-order valence-corrected chi connectivity index (χ3v) is 2.85. The fourth-order valence-corrected chi connectivity index (χ4v) is 2.02. The standard InChI is InChI=1S/C15H18N2O2/c1-3-8-14-13(15(18)19-4-2)11-16-17(14)12-9-6-5-7-10-12/h5-7,9-11H,3-4,8H2,1-2H3. The molecular formula is C15H18N2O2. The molecule has 0 saturated heterocycles. The molecule has 0 aliphatic rings. The lowest BCUT2D eigenvalue weighted by molar-refractivity contribution is 0.0525. The Morgan fingerprint density at radius 1 is 1.26 bits per heavy atom. The molecule has 1 aromatic carbocycles. The minimum Gasteiger partial charge on any atom is -0.462 e. The van der Waals surface area contributed by atoms with E-state index in [1.165, 1.54) is 0 Å². The van der Waals surface area contributed by atoms with E-state index in [2.05, 4.69) is 12.0 Å². The topological polar surface area (TPSA) is 44.1 Å². The molecule has 0 radical (unpaired) electrons. The summed E-state index contributed by atoms with van der Waals surface area (Å²) in [5, 5.41) is 4.32. The molecule has 0 bridgehead atoms. The van der Waals surface area contributed by atoms with Crippen molar-refractivity contribution in [3.05, 3.63) is 47.8 Å². The van der Waals surface area contributed by atoms with Crippen LogP contribution < -0.4 is 0 Å². The van der Waals surface area contributed by atoms with Crippen LogP contribution in [0.3, 0.4) is 0 Å². The lowest BCUT2D eigenvalue weighted by Gasteiger charge is -2.08. The van der Waals surface area contributed by atoms with Gasteiger partial charge in [-0.2, -0.15) is 5.10 Å². The molecule has 0 N–H and O–H groups in total. The van der Waals surface area contributed by atoms with Gasteiger partial charge in [0.15, 0.2) is 0 Å². The zero-order chi connectivity index (χ0) is 13.7. The van der Waals surface area contributed by atoms with Gasteiger partial charge in [0.05, 0.1) is 24.2 Å². The fourth-order valence-electron chi connectivity index (χ4n) is 2.02. The lowest BCUT2D eigenvalue weighted by atomic mass is 10.1. The monoisotopic (exact) mass is 258 g/mol. The summed E-state index contributed by atoms with van der Waals surface area (Å²) < 4.78 is 6.89. The van der Waals surface area contributed by atoms with Crippen LogP contribution in [0.4, 0.5) is 0 Å². The molecule has 2 aromatic rings. The summed E-state index contributed by atoms with van der Waals surface area (Å²) in [5.74, 6) is -0.298. The summed E-state index contributed by atoms with van der Waals surface area (Å²) in [7, 11) is 0. The number of benzene rings is 1. The van der Waals surface area contributed by atoms with E-state index in [0.717, 1.165) is 24.2 Å². The third kappa shape index (κ3) is 2.84. The zero-order valence-corrected chi connectivity index (χ0v) is 11.3. The van der Waals surface area contributed by atoms with Gasteiger partial charge in [0.25, 0.3) is 0 Å². The molecule has 0 saturated carbocycles. The zero-order valence-electron chi connectivity index (χ0n) is 11.3. The number of aromatic nitrogens is 2. The maximum absolute atomic E-state index is 11.9. The molecule has 0 spiro atoms. The Morgan fingerprint density at radius 3 is 2.63 bits per heavy atom. The highest BCUT2D eigenvalue weighted by atomic mass is 16.5. The van der Waals surface area contributed by atoms with Crippen molar-refractivity contribution in [3.63, 3.8) is 0 Å². The van der Waals surface area contributed by atoms with Crippen molar-refractivity contribution >= 4 is 5.97 Å². The van der Waals surface area contributed by atoms with Crippen molar-refractivity contribution in [3.8, 4) is 5.69 Å². The van der Waals surface area contributed by atoms with E-state index >= 15 is 0 Å². The average Bonchev–Trinajstić information content (AvgIpc) is 2.84. The summed E-state index contributed by atoms with van der Waals surface area (Å²) in [6, 6.07) is 9.81. The number of carbonyl (C=O) groups excluding carboxylic acids is 1. The molecule has 19 heavy (non-hydrogen) atoms. The predicted octanol–water partition coefficient (Wildman–Crippen LogP) is 3.00. The van der Waals surface area contributed by atoms with Gasteiger partial charge in [0, 0.05) is 0 Å². The van der Waals surface area contributed by atoms with Crippen LogP contribution >= 0.6 is 0 Å². The van der Waals surface area contributed by atoms with Crippen molar-refractivity contribution in [2.75, 3.05) is 6.61 Å². The molecule has 2 rings (SSSR count). The first kappa shape index (κ1) is 13.3. The summed E-state index contributed by atoms with van der Waals surface area (Å²) in [6.45, 7) is 4.26. The van der Waals surface area contributed by atoms with Gasteiger partial charge in [-0.1, -0.05) is 31.5 Å². The van der Waals surface area contributed by atoms with Crippen LogP contribution in [0.5, 0.6) is 0 Å². The van der Waals surface area contributed by atoms with Crippen LogP contribution in [0.1, 0.15) is 36.3 Å². The molecule has 0 aliphatic carbocycles. The number of rotatable bonds is 5. The van der Waals surface area contributed by atoms with Gasteiger partial charge in [0.1, 0.15) is 5.56 Å². The van der Waals surface area contributed by atoms with Gasteiger partial charge in [-0.15, -0.1) is 0 Å². The molecule has 0 fully saturated rings. The van der Waals surface area contributed by atoms with E-state index in [9.17, 15) is 4.79 Å². The van der Waals surface area contributed by atoms with E-state index in [0.29, 0.717) is 12.2 Å². The fraction of sp³-hybridized carbons (Fsp3) is 0.333. The first-order valence-corrected chi connectivity index (χ1v) is 6.57. The number of nitrogens with zero attached hydrogens (tertiary/aromatic N) is 2. The Kier molecular flexibility index (Phi) is 4.34. The minimum absolute atomic E-state index is 0.298. The highest BCUT2D eigenvalue weighted by Crippen LogP contribution is 2.17. The van der Waals surface area contributed by atoms with E-state index < -0.39 is 0 Å². The van der Waals surface area contributed by atoms with Crippen molar-refractivity contribution in [1.82, 2.24) is 9.78 Å². The maximum atomic E-state index is 11.9. The number of hydrogen-bond acceptors (Lipinski definition) is 3. The number of esters is 1. The normalized spacial score (nSPS) is 10.4. The van der Waals surface area contributed by atoms with Crippen LogP contribution in [0.25, 0.3) is 5.69 Å². The van der Waals surface area contributed by atoms with Gasteiger partial charge in [-0.05, 0) is 25.5 Å². The van der Waals surface area contributed by atoms with E-state index in [1.807, 2.05) is 35.0 Å². The molecule has 100 valence electrons.